The second-order valence-corrected chi connectivity index (χ2v) is 7.32. The number of thiophene rings is 1. The minimum absolute atomic E-state index is 0.0400. The largest absolute Gasteiger partial charge is 0.508 e. The molecule has 2 N–H and O–H groups in total. The van der Waals surface area contributed by atoms with Crippen molar-refractivity contribution in [3.05, 3.63) is 58.3 Å². The van der Waals surface area contributed by atoms with E-state index in [4.69, 9.17) is 0 Å². The molecule has 3 rings (SSSR count). The number of hydrogen-bond donors (Lipinski definition) is 2. The molecule has 2 heterocycles. The van der Waals surface area contributed by atoms with E-state index in [0.29, 0.717) is 13.1 Å². The Hall–Kier alpha value is -2.60. The Morgan fingerprint density at radius 1 is 1.27 bits per heavy atom. The maximum atomic E-state index is 12.7. The van der Waals surface area contributed by atoms with E-state index in [1.807, 2.05) is 34.5 Å². The summed E-state index contributed by atoms with van der Waals surface area (Å²) in [7, 11) is 0. The van der Waals surface area contributed by atoms with Crippen molar-refractivity contribution >= 4 is 28.7 Å². The lowest BCUT2D eigenvalue weighted by Gasteiger charge is -2.28. The molecule has 0 bridgehead atoms. The van der Waals surface area contributed by atoms with Crippen molar-refractivity contribution in [2.75, 3.05) is 13.1 Å². The summed E-state index contributed by atoms with van der Waals surface area (Å²) in [5.74, 6) is 0.155. The highest BCUT2D eigenvalue weighted by molar-refractivity contribution is 7.10. The van der Waals surface area contributed by atoms with Crippen LogP contribution >= 0.6 is 11.3 Å². The summed E-state index contributed by atoms with van der Waals surface area (Å²) in [5, 5.41) is 14.2. The Morgan fingerprint density at radius 2 is 2.04 bits per heavy atom. The highest BCUT2D eigenvalue weighted by Crippen LogP contribution is 2.26. The maximum absolute atomic E-state index is 12.7. The van der Waals surface area contributed by atoms with E-state index in [9.17, 15) is 14.7 Å². The van der Waals surface area contributed by atoms with Gasteiger partial charge in [-0.3, -0.25) is 9.59 Å². The Morgan fingerprint density at radius 3 is 2.62 bits per heavy atom. The third-order valence-corrected chi connectivity index (χ3v) is 5.43. The van der Waals surface area contributed by atoms with E-state index >= 15 is 0 Å². The molecule has 1 unspecified atom stereocenters. The Kier molecular flexibility index (Phi) is 5.73. The van der Waals surface area contributed by atoms with Gasteiger partial charge < -0.3 is 15.3 Å². The molecule has 0 fully saturated rings. The molecule has 0 aliphatic carbocycles. The van der Waals surface area contributed by atoms with Crippen LogP contribution in [0.1, 0.15) is 36.2 Å². The number of amides is 2. The van der Waals surface area contributed by atoms with Gasteiger partial charge >= 0.3 is 0 Å². The van der Waals surface area contributed by atoms with Crippen molar-refractivity contribution in [1.29, 1.82) is 0 Å². The zero-order valence-corrected chi connectivity index (χ0v) is 15.5. The normalized spacial score (nSPS) is 15.3. The van der Waals surface area contributed by atoms with Gasteiger partial charge in [0.1, 0.15) is 5.75 Å². The third-order valence-electron chi connectivity index (χ3n) is 4.44. The lowest BCUT2D eigenvalue weighted by atomic mass is 9.99. The number of benzene rings is 1. The summed E-state index contributed by atoms with van der Waals surface area (Å²) in [4.78, 5) is 27.0. The summed E-state index contributed by atoms with van der Waals surface area (Å²) >= 11 is 1.54. The monoisotopic (exact) mass is 370 g/mol. The summed E-state index contributed by atoms with van der Waals surface area (Å²) in [6.45, 7) is 2.69. The van der Waals surface area contributed by atoms with Crippen LogP contribution in [0.2, 0.25) is 0 Å². The Bertz CT molecular complexity index is 797. The van der Waals surface area contributed by atoms with E-state index < -0.39 is 0 Å². The molecule has 1 aromatic carbocycles. The van der Waals surface area contributed by atoms with Crippen molar-refractivity contribution in [2.45, 2.75) is 25.8 Å². The van der Waals surface area contributed by atoms with Crippen molar-refractivity contribution < 1.29 is 14.7 Å². The number of aromatic hydroxyl groups is 1. The van der Waals surface area contributed by atoms with Gasteiger partial charge in [0.25, 0.3) is 0 Å². The second-order valence-electron chi connectivity index (χ2n) is 6.34. The Labute approximate surface area is 157 Å². The van der Waals surface area contributed by atoms with Crippen LogP contribution in [0.3, 0.4) is 0 Å². The van der Waals surface area contributed by atoms with Gasteiger partial charge in [0.05, 0.1) is 12.5 Å². The van der Waals surface area contributed by atoms with E-state index in [2.05, 4.69) is 11.4 Å². The molecule has 5 nitrogen and oxygen atoms in total. The quantitative estimate of drug-likeness (QED) is 0.848. The standard InChI is InChI=1S/C20H22N2O3S/c1-14(23)21-18(19-3-2-12-26-19)13-20(25)22-10-8-16(9-11-22)15-4-6-17(24)7-5-15/h2-8,12,18,24H,9-11,13H2,1H3,(H,21,23). The maximum Gasteiger partial charge on any atom is 0.225 e. The SMILES string of the molecule is CC(=O)NC(CC(=O)N1CC=C(c2ccc(O)cc2)CC1)c1cccs1. The first kappa shape index (κ1) is 18.2. The molecular weight excluding hydrogens is 348 g/mol. The minimum Gasteiger partial charge on any atom is -0.508 e. The molecule has 1 aliphatic heterocycles. The van der Waals surface area contributed by atoms with Crippen LogP contribution < -0.4 is 5.32 Å². The highest BCUT2D eigenvalue weighted by atomic mass is 32.1. The summed E-state index contributed by atoms with van der Waals surface area (Å²) < 4.78 is 0. The van der Waals surface area contributed by atoms with Crippen LogP contribution in [-0.2, 0) is 9.59 Å². The molecule has 2 amide bonds. The smallest absolute Gasteiger partial charge is 0.225 e. The zero-order chi connectivity index (χ0) is 18.5. The van der Waals surface area contributed by atoms with Gasteiger partial charge in [0.2, 0.25) is 11.8 Å². The fourth-order valence-corrected chi connectivity index (χ4v) is 3.87. The van der Waals surface area contributed by atoms with Gasteiger partial charge in [-0.2, -0.15) is 0 Å². The van der Waals surface area contributed by atoms with Crippen LogP contribution in [-0.4, -0.2) is 34.9 Å². The summed E-state index contributed by atoms with van der Waals surface area (Å²) in [5.41, 5.74) is 2.26. The van der Waals surface area contributed by atoms with Gasteiger partial charge in [-0.1, -0.05) is 24.3 Å². The highest BCUT2D eigenvalue weighted by Gasteiger charge is 2.23. The summed E-state index contributed by atoms with van der Waals surface area (Å²) in [6.07, 6.45) is 3.11. The van der Waals surface area contributed by atoms with E-state index in [1.54, 1.807) is 23.5 Å². The lowest BCUT2D eigenvalue weighted by molar-refractivity contribution is -0.131. The average Bonchev–Trinajstić information content (AvgIpc) is 3.16. The molecule has 0 spiro atoms. The van der Waals surface area contributed by atoms with Gasteiger partial charge in [-0.25, -0.2) is 0 Å². The predicted octanol–water partition coefficient (Wildman–Crippen LogP) is 3.34. The predicted molar refractivity (Wildman–Crippen MR) is 103 cm³/mol. The molecule has 1 aliphatic rings. The fraction of sp³-hybridized carbons (Fsp3) is 0.300. The van der Waals surface area contributed by atoms with Crippen molar-refractivity contribution in [3.63, 3.8) is 0 Å². The van der Waals surface area contributed by atoms with Crippen LogP contribution in [0.15, 0.2) is 47.9 Å². The van der Waals surface area contributed by atoms with Crippen LogP contribution in [0.4, 0.5) is 0 Å². The first-order valence-electron chi connectivity index (χ1n) is 8.59. The number of phenols is 1. The first-order chi connectivity index (χ1) is 12.5. The molecular formula is C20H22N2O3S. The van der Waals surface area contributed by atoms with Crippen LogP contribution in [0.25, 0.3) is 5.57 Å². The summed E-state index contributed by atoms with van der Waals surface area (Å²) in [6, 6.07) is 10.7. The average molecular weight is 370 g/mol. The van der Waals surface area contributed by atoms with Gasteiger partial charge in [0.15, 0.2) is 0 Å². The molecule has 0 saturated carbocycles. The third kappa shape index (κ3) is 4.52. The van der Waals surface area contributed by atoms with Gasteiger partial charge in [0, 0.05) is 24.9 Å². The first-order valence-corrected chi connectivity index (χ1v) is 9.47. The molecule has 2 aromatic rings. The zero-order valence-electron chi connectivity index (χ0n) is 14.6. The molecule has 136 valence electrons. The molecule has 26 heavy (non-hydrogen) atoms. The number of hydrogen-bond acceptors (Lipinski definition) is 4. The van der Waals surface area contributed by atoms with Gasteiger partial charge in [-0.05, 0) is 41.1 Å². The van der Waals surface area contributed by atoms with Crippen molar-refractivity contribution in [2.24, 2.45) is 0 Å². The topological polar surface area (TPSA) is 69.6 Å². The van der Waals surface area contributed by atoms with Crippen LogP contribution in [0.5, 0.6) is 5.75 Å². The number of nitrogens with zero attached hydrogens (tertiary/aromatic N) is 1. The minimum atomic E-state index is -0.275. The lowest BCUT2D eigenvalue weighted by Crippen LogP contribution is -2.38. The fourth-order valence-electron chi connectivity index (χ4n) is 3.09. The number of rotatable bonds is 5. The number of nitrogens with one attached hydrogen (secondary N) is 1. The Balaban J connectivity index is 1.63. The molecule has 1 atom stereocenters. The number of phenolic OH excluding ortho intramolecular Hbond substituents is 1. The second kappa shape index (κ2) is 8.19. The van der Waals surface area contributed by atoms with Crippen molar-refractivity contribution in [1.82, 2.24) is 10.2 Å². The molecule has 6 heteroatoms. The van der Waals surface area contributed by atoms with Crippen molar-refractivity contribution in [3.8, 4) is 5.75 Å². The molecule has 1 aromatic heterocycles. The number of carbonyl (C=O) groups excluding carboxylic acids is 2. The molecule has 0 radical (unpaired) electrons. The number of carbonyl (C=O) groups is 2. The van der Waals surface area contributed by atoms with E-state index in [-0.39, 0.29) is 30.0 Å². The van der Waals surface area contributed by atoms with E-state index in [0.717, 1.165) is 16.9 Å². The molecule has 0 saturated heterocycles. The van der Waals surface area contributed by atoms with Gasteiger partial charge in [-0.15, -0.1) is 11.3 Å². The van der Waals surface area contributed by atoms with Crippen LogP contribution in [0, 0.1) is 0 Å². The van der Waals surface area contributed by atoms with E-state index in [1.165, 1.54) is 12.5 Å².